The minimum atomic E-state index is -1.27. The van der Waals surface area contributed by atoms with Crippen molar-refractivity contribution in [2.75, 3.05) is 13.2 Å². The number of carbonyl (C=O) groups is 3. The van der Waals surface area contributed by atoms with E-state index in [9.17, 15) is 19.5 Å². The van der Waals surface area contributed by atoms with Gasteiger partial charge in [0, 0.05) is 12.1 Å². The predicted molar refractivity (Wildman–Crippen MR) is 125 cm³/mol. The van der Waals surface area contributed by atoms with Crippen molar-refractivity contribution in [1.29, 1.82) is 0 Å². The van der Waals surface area contributed by atoms with Crippen LogP contribution in [0.5, 0.6) is 0 Å². The predicted octanol–water partition coefficient (Wildman–Crippen LogP) is 3.02. The van der Waals surface area contributed by atoms with E-state index in [-0.39, 0.29) is 12.5 Å². The summed E-state index contributed by atoms with van der Waals surface area (Å²) in [6.45, 7) is 15.7. The van der Waals surface area contributed by atoms with Gasteiger partial charge in [0.1, 0.15) is 17.7 Å². The van der Waals surface area contributed by atoms with Crippen molar-refractivity contribution in [3.63, 3.8) is 0 Å². The molecule has 3 amide bonds. The Kier molecular flexibility index (Phi) is 9.45. The number of rotatable bonds is 8. The number of nitrogens with one attached hydrogen (secondary N) is 2. The molecule has 2 unspecified atom stereocenters. The summed E-state index contributed by atoms with van der Waals surface area (Å²) in [5, 5.41) is 15.1. The lowest BCUT2D eigenvalue weighted by atomic mass is 9.99. The molecular formula is C24H37N3O5. The Labute approximate surface area is 191 Å². The van der Waals surface area contributed by atoms with Gasteiger partial charge in [0.15, 0.2) is 0 Å². The summed E-state index contributed by atoms with van der Waals surface area (Å²) in [5.41, 5.74) is 0.0926. The largest absolute Gasteiger partial charge is 0.444 e. The molecular weight excluding hydrogens is 410 g/mol. The number of amides is 3. The molecule has 0 bridgehead atoms. The van der Waals surface area contributed by atoms with Gasteiger partial charge in [-0.05, 0) is 65.7 Å². The summed E-state index contributed by atoms with van der Waals surface area (Å²) in [6.07, 6.45) is 0.825. The normalized spacial score (nSPS) is 13.5. The van der Waals surface area contributed by atoms with Gasteiger partial charge in [0.05, 0.1) is 6.61 Å². The number of alkyl carbamates (subject to hydrolysis) is 1. The highest BCUT2D eigenvalue weighted by Gasteiger charge is 2.36. The van der Waals surface area contributed by atoms with Crippen LogP contribution < -0.4 is 10.6 Å². The lowest BCUT2D eigenvalue weighted by molar-refractivity contribution is -0.143. The average Bonchev–Trinajstić information content (AvgIpc) is 2.66. The van der Waals surface area contributed by atoms with Crippen molar-refractivity contribution in [3.8, 4) is 0 Å². The lowest BCUT2D eigenvalue weighted by Gasteiger charge is -2.35. The van der Waals surface area contributed by atoms with Crippen LogP contribution in [0.15, 0.2) is 30.8 Å². The molecule has 0 radical (unpaired) electrons. The first-order valence-corrected chi connectivity index (χ1v) is 10.7. The van der Waals surface area contributed by atoms with Crippen LogP contribution in [0, 0.1) is 0 Å². The highest BCUT2D eigenvalue weighted by atomic mass is 16.6. The van der Waals surface area contributed by atoms with E-state index in [0.29, 0.717) is 5.56 Å². The highest BCUT2D eigenvalue weighted by Crippen LogP contribution is 2.24. The fourth-order valence-corrected chi connectivity index (χ4v) is 3.07. The summed E-state index contributed by atoms with van der Waals surface area (Å²) in [7, 11) is 0. The number of hydrogen-bond donors (Lipinski definition) is 3. The first-order valence-electron chi connectivity index (χ1n) is 10.7. The summed E-state index contributed by atoms with van der Waals surface area (Å²) in [5.74, 6) is -0.971. The standard InChI is InChI=1S/C24H37N3O5/c1-9-16-12-11-13-17(14-16)19(20(29)26-23(3,4)5)27(10-2)21(30)18(15-28)25-22(31)32-24(6,7)8/h9,11-14,18-19,28H,1,10,15H2,2-8H3,(H,25,31)(H,26,29). The minimum Gasteiger partial charge on any atom is -0.444 e. The zero-order valence-electron chi connectivity index (χ0n) is 20.2. The Bertz CT molecular complexity index is 824. The molecule has 178 valence electrons. The Morgan fingerprint density at radius 2 is 1.81 bits per heavy atom. The molecule has 0 aliphatic rings. The molecule has 0 fully saturated rings. The van der Waals surface area contributed by atoms with Crippen LogP contribution in [-0.4, -0.2) is 58.2 Å². The van der Waals surface area contributed by atoms with Gasteiger partial charge in [-0.25, -0.2) is 4.79 Å². The third-order valence-electron chi connectivity index (χ3n) is 4.32. The monoisotopic (exact) mass is 447 g/mol. The van der Waals surface area contributed by atoms with Gasteiger partial charge in [-0.15, -0.1) is 0 Å². The zero-order valence-corrected chi connectivity index (χ0v) is 20.2. The van der Waals surface area contributed by atoms with Crippen molar-refractivity contribution in [2.24, 2.45) is 0 Å². The Morgan fingerprint density at radius 1 is 1.19 bits per heavy atom. The second-order valence-electron chi connectivity index (χ2n) is 9.52. The molecule has 0 aliphatic carbocycles. The van der Waals surface area contributed by atoms with Crippen LogP contribution in [0.25, 0.3) is 6.08 Å². The fourth-order valence-electron chi connectivity index (χ4n) is 3.07. The van der Waals surface area contributed by atoms with Gasteiger partial charge in [-0.2, -0.15) is 0 Å². The first-order chi connectivity index (χ1) is 14.7. The molecule has 8 heteroatoms. The number of likely N-dealkylation sites (N-methyl/N-ethyl adjacent to an activating group) is 1. The molecule has 8 nitrogen and oxygen atoms in total. The number of aliphatic hydroxyl groups is 1. The van der Waals surface area contributed by atoms with E-state index in [1.54, 1.807) is 52.0 Å². The third kappa shape index (κ3) is 8.34. The number of ether oxygens (including phenoxy) is 1. The second kappa shape index (κ2) is 11.1. The molecule has 0 saturated heterocycles. The van der Waals surface area contributed by atoms with Gasteiger partial charge in [0.25, 0.3) is 0 Å². The van der Waals surface area contributed by atoms with E-state index >= 15 is 0 Å². The maximum absolute atomic E-state index is 13.3. The quantitative estimate of drug-likeness (QED) is 0.568. The molecule has 0 saturated carbocycles. The van der Waals surface area contributed by atoms with Crippen molar-refractivity contribution >= 4 is 24.0 Å². The topological polar surface area (TPSA) is 108 Å². The highest BCUT2D eigenvalue weighted by molar-refractivity contribution is 5.92. The first kappa shape index (κ1) is 27.2. The van der Waals surface area contributed by atoms with E-state index in [0.717, 1.165) is 5.56 Å². The molecule has 1 rings (SSSR count). The Morgan fingerprint density at radius 3 is 2.28 bits per heavy atom. The second-order valence-corrected chi connectivity index (χ2v) is 9.52. The molecule has 0 spiro atoms. The van der Waals surface area contributed by atoms with E-state index in [1.165, 1.54) is 4.90 Å². The van der Waals surface area contributed by atoms with Gasteiger partial charge in [-0.3, -0.25) is 9.59 Å². The van der Waals surface area contributed by atoms with Gasteiger partial charge >= 0.3 is 6.09 Å². The molecule has 0 aliphatic heterocycles. The molecule has 0 heterocycles. The van der Waals surface area contributed by atoms with Crippen molar-refractivity contribution in [2.45, 2.75) is 71.7 Å². The lowest BCUT2D eigenvalue weighted by Crippen LogP contribution is -2.55. The van der Waals surface area contributed by atoms with Crippen LogP contribution in [0.1, 0.15) is 65.6 Å². The number of benzene rings is 1. The molecule has 1 aromatic rings. The van der Waals surface area contributed by atoms with E-state index in [1.807, 2.05) is 26.8 Å². The van der Waals surface area contributed by atoms with Crippen molar-refractivity contribution in [3.05, 3.63) is 42.0 Å². The van der Waals surface area contributed by atoms with Crippen molar-refractivity contribution in [1.82, 2.24) is 15.5 Å². The van der Waals surface area contributed by atoms with E-state index in [2.05, 4.69) is 17.2 Å². The van der Waals surface area contributed by atoms with Crippen LogP contribution in [0.2, 0.25) is 0 Å². The SMILES string of the molecule is C=Cc1cccc(C(C(=O)NC(C)(C)C)N(CC)C(=O)C(CO)NC(=O)OC(C)(C)C)c1. The van der Waals surface area contributed by atoms with Crippen LogP contribution >= 0.6 is 0 Å². The van der Waals surface area contributed by atoms with Crippen molar-refractivity contribution < 1.29 is 24.2 Å². The zero-order chi connectivity index (χ0) is 24.7. The number of hydrogen-bond acceptors (Lipinski definition) is 5. The maximum atomic E-state index is 13.3. The number of aliphatic hydroxyl groups excluding tert-OH is 1. The average molecular weight is 448 g/mol. The Hall–Kier alpha value is -2.87. The van der Waals surface area contributed by atoms with Gasteiger partial charge in [0.2, 0.25) is 11.8 Å². The summed E-state index contributed by atoms with van der Waals surface area (Å²) in [6, 6.07) is 4.92. The molecule has 1 aromatic carbocycles. The smallest absolute Gasteiger partial charge is 0.408 e. The van der Waals surface area contributed by atoms with Gasteiger partial charge in [-0.1, -0.05) is 30.9 Å². The van der Waals surface area contributed by atoms with Crippen LogP contribution in [0.4, 0.5) is 4.79 Å². The summed E-state index contributed by atoms with van der Waals surface area (Å²) >= 11 is 0. The van der Waals surface area contributed by atoms with Gasteiger partial charge < -0.3 is 25.4 Å². The van der Waals surface area contributed by atoms with Crippen LogP contribution in [-0.2, 0) is 14.3 Å². The molecule has 3 N–H and O–H groups in total. The number of carbonyl (C=O) groups excluding carboxylic acids is 3. The Balaban J connectivity index is 3.33. The van der Waals surface area contributed by atoms with E-state index in [4.69, 9.17) is 4.74 Å². The van der Waals surface area contributed by atoms with E-state index < -0.39 is 41.8 Å². The molecule has 32 heavy (non-hydrogen) atoms. The maximum Gasteiger partial charge on any atom is 0.408 e. The molecule has 2 atom stereocenters. The third-order valence-corrected chi connectivity index (χ3v) is 4.32. The van der Waals surface area contributed by atoms with Crippen LogP contribution in [0.3, 0.4) is 0 Å². The molecule has 0 aromatic heterocycles. The summed E-state index contributed by atoms with van der Waals surface area (Å²) < 4.78 is 5.20. The number of nitrogens with zero attached hydrogens (tertiary/aromatic N) is 1. The summed E-state index contributed by atoms with van der Waals surface area (Å²) in [4.78, 5) is 40.1. The minimum absolute atomic E-state index is 0.172. The fraction of sp³-hybridized carbons (Fsp3) is 0.542.